The number of nitrogens with zero attached hydrogens (tertiary/aromatic N) is 2. The Hall–Kier alpha value is -0.480. The van der Waals surface area contributed by atoms with E-state index in [9.17, 15) is 0 Å². The lowest BCUT2D eigenvalue weighted by molar-refractivity contribution is 0.296. The van der Waals surface area contributed by atoms with Gasteiger partial charge in [-0.3, -0.25) is 4.68 Å². The summed E-state index contributed by atoms with van der Waals surface area (Å²) in [5.41, 5.74) is 2.37. The first-order chi connectivity index (χ1) is 6.77. The maximum absolute atomic E-state index is 8.64. The van der Waals surface area contributed by atoms with Crippen LogP contribution in [0.2, 0.25) is 0 Å². The molecule has 14 heavy (non-hydrogen) atoms. The summed E-state index contributed by atoms with van der Waals surface area (Å²) in [6, 6.07) is 2.13. The number of aliphatic hydroxyl groups excluding tert-OH is 1. The maximum atomic E-state index is 8.64. The Morgan fingerprint density at radius 1 is 1.57 bits per heavy atom. The van der Waals surface area contributed by atoms with Crippen molar-refractivity contribution < 1.29 is 5.11 Å². The Morgan fingerprint density at radius 2 is 2.36 bits per heavy atom. The van der Waals surface area contributed by atoms with Crippen LogP contribution in [-0.4, -0.2) is 27.2 Å². The number of aromatic nitrogens is 2. The number of hydrogen-bond donors (Lipinski definition) is 1. The fraction of sp³-hybridized carbons (Fsp3) is 0.700. The first-order valence-electron chi connectivity index (χ1n) is 5.00. The summed E-state index contributed by atoms with van der Waals surface area (Å²) >= 11 is 1.85. The molecule has 3 nitrogen and oxygen atoms in total. The number of thioether (sulfide) groups is 1. The molecule has 1 N–H and O–H groups in total. The monoisotopic (exact) mass is 214 g/mol. The molecule has 1 aromatic rings. The van der Waals surface area contributed by atoms with Gasteiger partial charge in [0.05, 0.1) is 5.69 Å². The lowest BCUT2D eigenvalue weighted by Gasteiger charge is -2.03. The molecule has 1 rings (SSSR count). The largest absolute Gasteiger partial charge is 0.396 e. The maximum Gasteiger partial charge on any atom is 0.0596 e. The van der Waals surface area contributed by atoms with Crippen molar-refractivity contribution in [1.29, 1.82) is 0 Å². The second kappa shape index (κ2) is 6.09. The SMILES string of the molecule is CCn1nc(C)cc1CSCCCO. The van der Waals surface area contributed by atoms with Crippen molar-refractivity contribution in [3.63, 3.8) is 0 Å². The number of rotatable bonds is 6. The summed E-state index contributed by atoms with van der Waals surface area (Å²) in [5.74, 6) is 2.01. The zero-order chi connectivity index (χ0) is 10.4. The molecule has 4 heteroatoms. The highest BCUT2D eigenvalue weighted by atomic mass is 32.2. The first kappa shape index (κ1) is 11.6. The average Bonchev–Trinajstić information content (AvgIpc) is 2.54. The predicted molar refractivity (Wildman–Crippen MR) is 60.5 cm³/mol. The van der Waals surface area contributed by atoms with Gasteiger partial charge in [0.1, 0.15) is 0 Å². The molecule has 1 heterocycles. The summed E-state index contributed by atoms with van der Waals surface area (Å²) < 4.78 is 2.04. The van der Waals surface area contributed by atoms with E-state index in [-0.39, 0.29) is 0 Å². The van der Waals surface area contributed by atoms with Crippen LogP contribution >= 0.6 is 11.8 Å². The summed E-state index contributed by atoms with van der Waals surface area (Å²) in [6.45, 7) is 5.35. The van der Waals surface area contributed by atoms with Crippen LogP contribution in [0.15, 0.2) is 6.07 Å². The highest BCUT2D eigenvalue weighted by Gasteiger charge is 2.03. The molecule has 0 saturated heterocycles. The van der Waals surface area contributed by atoms with Crippen LogP contribution in [-0.2, 0) is 12.3 Å². The molecule has 80 valence electrons. The standard InChI is InChI=1S/C10H18N2OS/c1-3-12-10(7-9(2)11-12)8-14-6-4-5-13/h7,13H,3-6,8H2,1-2H3. The van der Waals surface area contributed by atoms with Gasteiger partial charge in [0, 0.05) is 24.6 Å². The fourth-order valence-corrected chi connectivity index (χ4v) is 2.25. The minimum atomic E-state index is 0.291. The molecule has 0 radical (unpaired) electrons. The molecule has 0 saturated carbocycles. The summed E-state index contributed by atoms with van der Waals surface area (Å²) in [5, 5.41) is 13.0. The van der Waals surface area contributed by atoms with Crippen LogP contribution in [0.5, 0.6) is 0 Å². The van der Waals surface area contributed by atoms with E-state index in [4.69, 9.17) is 5.11 Å². The molecule has 0 bridgehead atoms. The topological polar surface area (TPSA) is 38.0 Å². The van der Waals surface area contributed by atoms with Crippen molar-refractivity contribution in [2.24, 2.45) is 0 Å². The quantitative estimate of drug-likeness (QED) is 0.734. The Morgan fingerprint density at radius 3 is 3.00 bits per heavy atom. The highest BCUT2D eigenvalue weighted by Crippen LogP contribution is 2.14. The molecule has 0 unspecified atom stereocenters. The van der Waals surface area contributed by atoms with E-state index in [0.717, 1.165) is 30.2 Å². The minimum Gasteiger partial charge on any atom is -0.396 e. The molecule has 0 amide bonds. The second-order valence-corrected chi connectivity index (χ2v) is 4.33. The molecule has 0 aromatic carbocycles. The van der Waals surface area contributed by atoms with Gasteiger partial charge in [0.15, 0.2) is 0 Å². The zero-order valence-electron chi connectivity index (χ0n) is 8.86. The molecule has 0 atom stereocenters. The number of hydrogen-bond acceptors (Lipinski definition) is 3. The van der Waals surface area contributed by atoms with Crippen LogP contribution in [0, 0.1) is 6.92 Å². The van der Waals surface area contributed by atoms with Crippen molar-refractivity contribution in [3.8, 4) is 0 Å². The minimum absolute atomic E-state index is 0.291. The van der Waals surface area contributed by atoms with E-state index < -0.39 is 0 Å². The van der Waals surface area contributed by atoms with Gasteiger partial charge in [0.2, 0.25) is 0 Å². The molecule has 0 spiro atoms. The van der Waals surface area contributed by atoms with Crippen molar-refractivity contribution >= 4 is 11.8 Å². The Balaban J connectivity index is 2.41. The van der Waals surface area contributed by atoms with Crippen molar-refractivity contribution in [2.75, 3.05) is 12.4 Å². The van der Waals surface area contributed by atoms with Crippen molar-refractivity contribution in [1.82, 2.24) is 9.78 Å². The first-order valence-corrected chi connectivity index (χ1v) is 6.15. The third-order valence-corrected chi connectivity index (χ3v) is 3.06. The molecular weight excluding hydrogens is 196 g/mol. The Labute approximate surface area is 89.5 Å². The summed E-state index contributed by atoms with van der Waals surface area (Å²) in [6.07, 6.45) is 0.879. The fourth-order valence-electron chi connectivity index (χ4n) is 1.33. The lowest BCUT2D eigenvalue weighted by Crippen LogP contribution is -2.01. The van der Waals surface area contributed by atoms with Gasteiger partial charge < -0.3 is 5.11 Å². The van der Waals surface area contributed by atoms with Crippen molar-refractivity contribution in [3.05, 3.63) is 17.5 Å². The molecule has 0 aliphatic carbocycles. The van der Waals surface area contributed by atoms with Crippen LogP contribution in [0.3, 0.4) is 0 Å². The lowest BCUT2D eigenvalue weighted by atomic mass is 10.4. The van der Waals surface area contributed by atoms with Crippen LogP contribution < -0.4 is 0 Å². The van der Waals surface area contributed by atoms with Gasteiger partial charge in [-0.15, -0.1) is 0 Å². The summed E-state index contributed by atoms with van der Waals surface area (Å²) in [4.78, 5) is 0. The molecule has 0 fully saturated rings. The average molecular weight is 214 g/mol. The normalized spacial score (nSPS) is 10.8. The molecular formula is C10H18N2OS. The predicted octanol–water partition coefficient (Wildman–Crippen LogP) is 1.83. The second-order valence-electron chi connectivity index (χ2n) is 3.22. The van der Waals surface area contributed by atoms with Gasteiger partial charge in [-0.1, -0.05) is 0 Å². The van der Waals surface area contributed by atoms with E-state index >= 15 is 0 Å². The van der Waals surface area contributed by atoms with E-state index in [2.05, 4.69) is 18.1 Å². The van der Waals surface area contributed by atoms with Gasteiger partial charge in [-0.05, 0) is 32.1 Å². The molecule has 0 aliphatic heterocycles. The number of aliphatic hydroxyl groups is 1. The van der Waals surface area contributed by atoms with Gasteiger partial charge in [0.25, 0.3) is 0 Å². The highest BCUT2D eigenvalue weighted by molar-refractivity contribution is 7.98. The van der Waals surface area contributed by atoms with E-state index in [1.165, 1.54) is 5.69 Å². The summed E-state index contributed by atoms with van der Waals surface area (Å²) in [7, 11) is 0. The van der Waals surface area contributed by atoms with E-state index in [1.807, 2.05) is 23.4 Å². The van der Waals surface area contributed by atoms with Crippen LogP contribution in [0.4, 0.5) is 0 Å². The van der Waals surface area contributed by atoms with Gasteiger partial charge in [-0.25, -0.2) is 0 Å². The third-order valence-electron chi connectivity index (χ3n) is 1.98. The Bertz CT molecular complexity index is 273. The third kappa shape index (κ3) is 3.35. The molecule has 0 aliphatic rings. The smallest absolute Gasteiger partial charge is 0.0596 e. The van der Waals surface area contributed by atoms with Crippen LogP contribution in [0.25, 0.3) is 0 Å². The molecule has 1 aromatic heterocycles. The van der Waals surface area contributed by atoms with Gasteiger partial charge >= 0.3 is 0 Å². The number of aryl methyl sites for hydroxylation is 2. The van der Waals surface area contributed by atoms with Gasteiger partial charge in [-0.2, -0.15) is 16.9 Å². The van der Waals surface area contributed by atoms with E-state index in [0.29, 0.717) is 6.61 Å². The van der Waals surface area contributed by atoms with Crippen molar-refractivity contribution in [2.45, 2.75) is 32.6 Å². The Kier molecular flexibility index (Phi) is 5.04. The van der Waals surface area contributed by atoms with Crippen LogP contribution in [0.1, 0.15) is 24.7 Å². The van der Waals surface area contributed by atoms with E-state index in [1.54, 1.807) is 0 Å². The zero-order valence-corrected chi connectivity index (χ0v) is 9.68.